The van der Waals surface area contributed by atoms with Crippen LogP contribution < -0.4 is 10.6 Å². The predicted octanol–water partition coefficient (Wildman–Crippen LogP) is 1.78. The van der Waals surface area contributed by atoms with Crippen molar-refractivity contribution in [3.8, 4) is 0 Å². The van der Waals surface area contributed by atoms with Crippen LogP contribution in [0.4, 0.5) is 5.69 Å². The molecular weight excluding hydrogens is 172 g/mol. The van der Waals surface area contributed by atoms with Crippen LogP contribution in [0.3, 0.4) is 0 Å². The molecular formula is C12H18N2. The molecule has 2 heteroatoms. The van der Waals surface area contributed by atoms with Gasteiger partial charge in [0, 0.05) is 18.8 Å². The van der Waals surface area contributed by atoms with Gasteiger partial charge in [-0.25, -0.2) is 0 Å². The molecule has 1 heterocycles. The van der Waals surface area contributed by atoms with Crippen molar-refractivity contribution in [1.82, 2.24) is 0 Å². The first-order valence-corrected chi connectivity index (χ1v) is 5.31. The molecule has 0 spiro atoms. The minimum Gasteiger partial charge on any atom is -0.371 e. The van der Waals surface area contributed by atoms with Crippen LogP contribution in [0, 0.1) is 12.8 Å². The van der Waals surface area contributed by atoms with E-state index in [4.69, 9.17) is 5.73 Å². The van der Waals surface area contributed by atoms with Crippen molar-refractivity contribution in [2.45, 2.75) is 13.3 Å². The van der Waals surface area contributed by atoms with Crippen LogP contribution in [0.2, 0.25) is 0 Å². The fourth-order valence-corrected chi connectivity index (χ4v) is 2.02. The Bertz CT molecular complexity index is 292. The van der Waals surface area contributed by atoms with E-state index >= 15 is 0 Å². The summed E-state index contributed by atoms with van der Waals surface area (Å²) in [6.45, 7) is 5.23. The van der Waals surface area contributed by atoms with Crippen molar-refractivity contribution >= 4 is 5.69 Å². The number of rotatable bonds is 2. The highest BCUT2D eigenvalue weighted by Crippen LogP contribution is 2.23. The number of aryl methyl sites for hydroxylation is 1. The summed E-state index contributed by atoms with van der Waals surface area (Å²) < 4.78 is 0. The molecule has 2 nitrogen and oxygen atoms in total. The highest BCUT2D eigenvalue weighted by Gasteiger charge is 2.20. The molecule has 0 unspecified atom stereocenters. The molecule has 2 N–H and O–H groups in total. The molecule has 1 aromatic rings. The molecule has 14 heavy (non-hydrogen) atoms. The lowest BCUT2D eigenvalue weighted by Crippen LogP contribution is -2.22. The molecule has 0 radical (unpaired) electrons. The van der Waals surface area contributed by atoms with Crippen molar-refractivity contribution in [3.63, 3.8) is 0 Å². The summed E-state index contributed by atoms with van der Waals surface area (Å²) in [5.74, 6) is 0.691. The minimum absolute atomic E-state index is 0.691. The van der Waals surface area contributed by atoms with Crippen molar-refractivity contribution in [1.29, 1.82) is 0 Å². The second-order valence-corrected chi connectivity index (χ2v) is 4.17. The Morgan fingerprint density at radius 3 is 2.64 bits per heavy atom. The number of nitrogens with two attached hydrogens (primary N) is 1. The van der Waals surface area contributed by atoms with Crippen LogP contribution in [0.5, 0.6) is 0 Å². The van der Waals surface area contributed by atoms with Gasteiger partial charge in [-0.3, -0.25) is 0 Å². The van der Waals surface area contributed by atoms with Gasteiger partial charge >= 0.3 is 0 Å². The smallest absolute Gasteiger partial charge is 0.0366 e. The molecule has 0 aromatic heterocycles. The first-order chi connectivity index (χ1) is 6.79. The Labute approximate surface area is 85.7 Å². The molecule has 1 saturated heterocycles. The van der Waals surface area contributed by atoms with Crippen LogP contribution in [0.25, 0.3) is 0 Å². The van der Waals surface area contributed by atoms with Crippen LogP contribution >= 0.6 is 0 Å². The fourth-order valence-electron chi connectivity index (χ4n) is 2.02. The van der Waals surface area contributed by atoms with Crippen molar-refractivity contribution < 1.29 is 0 Å². The molecule has 0 bridgehead atoms. The standard InChI is InChI=1S/C12H18N2/c1-10-2-4-12(5-3-10)14-7-6-11(8-13)9-14/h2-5,11H,6-9,13H2,1H3/t11-/m0/s1. The lowest BCUT2D eigenvalue weighted by Gasteiger charge is -2.18. The molecule has 1 aliphatic heterocycles. The van der Waals surface area contributed by atoms with Crippen LogP contribution in [0.1, 0.15) is 12.0 Å². The normalized spacial score (nSPS) is 21.6. The van der Waals surface area contributed by atoms with Crippen molar-refractivity contribution in [3.05, 3.63) is 29.8 Å². The summed E-state index contributed by atoms with van der Waals surface area (Å²) in [6, 6.07) is 8.75. The summed E-state index contributed by atoms with van der Waals surface area (Å²) >= 11 is 0. The molecule has 0 amide bonds. The maximum Gasteiger partial charge on any atom is 0.0366 e. The maximum absolute atomic E-state index is 5.67. The predicted molar refractivity (Wildman–Crippen MR) is 60.6 cm³/mol. The van der Waals surface area contributed by atoms with Crippen LogP contribution in [-0.4, -0.2) is 19.6 Å². The number of hydrogen-bond acceptors (Lipinski definition) is 2. The second kappa shape index (κ2) is 4.01. The van der Waals surface area contributed by atoms with Gasteiger partial charge < -0.3 is 10.6 Å². The third-order valence-electron chi connectivity index (χ3n) is 3.02. The quantitative estimate of drug-likeness (QED) is 0.770. The summed E-state index contributed by atoms with van der Waals surface area (Å²) in [4.78, 5) is 2.43. The van der Waals surface area contributed by atoms with E-state index in [9.17, 15) is 0 Å². The van der Waals surface area contributed by atoms with E-state index in [1.165, 1.54) is 17.7 Å². The van der Waals surface area contributed by atoms with E-state index in [-0.39, 0.29) is 0 Å². The molecule has 1 fully saturated rings. The van der Waals surface area contributed by atoms with Gasteiger partial charge in [-0.15, -0.1) is 0 Å². The number of nitrogens with zero attached hydrogens (tertiary/aromatic N) is 1. The lowest BCUT2D eigenvalue weighted by molar-refractivity contribution is 0.602. The second-order valence-electron chi connectivity index (χ2n) is 4.17. The van der Waals surface area contributed by atoms with Gasteiger partial charge in [-0.1, -0.05) is 17.7 Å². The Morgan fingerprint density at radius 1 is 1.36 bits per heavy atom. The molecule has 2 rings (SSSR count). The van der Waals surface area contributed by atoms with Crippen LogP contribution in [0.15, 0.2) is 24.3 Å². The van der Waals surface area contributed by atoms with E-state index in [1.54, 1.807) is 0 Å². The Kier molecular flexibility index (Phi) is 2.73. The molecule has 0 aliphatic carbocycles. The molecule has 1 aromatic carbocycles. The van der Waals surface area contributed by atoms with Crippen molar-refractivity contribution in [2.75, 3.05) is 24.5 Å². The average Bonchev–Trinajstić information content (AvgIpc) is 2.67. The zero-order chi connectivity index (χ0) is 9.97. The van der Waals surface area contributed by atoms with E-state index in [2.05, 4.69) is 36.1 Å². The van der Waals surface area contributed by atoms with Gasteiger partial charge in [0.2, 0.25) is 0 Å². The SMILES string of the molecule is Cc1ccc(N2CC[C@@H](CN)C2)cc1. The Hall–Kier alpha value is -1.02. The first-order valence-electron chi connectivity index (χ1n) is 5.31. The van der Waals surface area contributed by atoms with E-state index < -0.39 is 0 Å². The molecule has 76 valence electrons. The van der Waals surface area contributed by atoms with Gasteiger partial charge in [0.1, 0.15) is 0 Å². The van der Waals surface area contributed by atoms with E-state index in [1.807, 2.05) is 0 Å². The number of hydrogen-bond donors (Lipinski definition) is 1. The van der Waals surface area contributed by atoms with Gasteiger partial charge in [0.15, 0.2) is 0 Å². The monoisotopic (exact) mass is 190 g/mol. The average molecular weight is 190 g/mol. The lowest BCUT2D eigenvalue weighted by atomic mass is 10.1. The summed E-state index contributed by atoms with van der Waals surface area (Å²) in [6.07, 6.45) is 1.24. The Balaban J connectivity index is 2.06. The zero-order valence-electron chi connectivity index (χ0n) is 8.74. The number of benzene rings is 1. The largest absolute Gasteiger partial charge is 0.371 e. The summed E-state index contributed by atoms with van der Waals surface area (Å²) in [5, 5.41) is 0. The van der Waals surface area contributed by atoms with E-state index in [0.717, 1.165) is 19.6 Å². The number of anilines is 1. The first kappa shape index (κ1) is 9.53. The molecule has 1 aliphatic rings. The minimum atomic E-state index is 0.691. The van der Waals surface area contributed by atoms with Gasteiger partial charge in [-0.2, -0.15) is 0 Å². The van der Waals surface area contributed by atoms with E-state index in [0.29, 0.717) is 5.92 Å². The fraction of sp³-hybridized carbons (Fsp3) is 0.500. The summed E-state index contributed by atoms with van der Waals surface area (Å²) in [5.41, 5.74) is 8.33. The van der Waals surface area contributed by atoms with Gasteiger partial charge in [0.05, 0.1) is 0 Å². The maximum atomic E-state index is 5.67. The zero-order valence-corrected chi connectivity index (χ0v) is 8.74. The third-order valence-corrected chi connectivity index (χ3v) is 3.02. The summed E-state index contributed by atoms with van der Waals surface area (Å²) in [7, 11) is 0. The third kappa shape index (κ3) is 1.90. The van der Waals surface area contributed by atoms with Crippen molar-refractivity contribution in [2.24, 2.45) is 11.7 Å². The molecule has 0 saturated carbocycles. The highest BCUT2D eigenvalue weighted by molar-refractivity contribution is 5.48. The highest BCUT2D eigenvalue weighted by atomic mass is 15.2. The van der Waals surface area contributed by atoms with Gasteiger partial charge in [-0.05, 0) is 37.9 Å². The Morgan fingerprint density at radius 2 is 2.07 bits per heavy atom. The van der Waals surface area contributed by atoms with Crippen LogP contribution in [-0.2, 0) is 0 Å². The molecule has 1 atom stereocenters. The topological polar surface area (TPSA) is 29.3 Å². The van der Waals surface area contributed by atoms with Gasteiger partial charge in [0.25, 0.3) is 0 Å².